The van der Waals surface area contributed by atoms with E-state index in [1.807, 2.05) is 24.4 Å². The zero-order chi connectivity index (χ0) is 15.9. The van der Waals surface area contributed by atoms with Crippen molar-refractivity contribution in [3.63, 3.8) is 0 Å². The van der Waals surface area contributed by atoms with Gasteiger partial charge in [0.2, 0.25) is 0 Å². The van der Waals surface area contributed by atoms with Crippen molar-refractivity contribution in [2.75, 3.05) is 0 Å². The van der Waals surface area contributed by atoms with Gasteiger partial charge in [-0.1, -0.05) is 43.7 Å². The van der Waals surface area contributed by atoms with Gasteiger partial charge in [0.25, 0.3) is 0 Å². The first-order chi connectivity index (χ1) is 11.3. The van der Waals surface area contributed by atoms with Crippen molar-refractivity contribution in [1.82, 2.24) is 4.57 Å². The topological polar surface area (TPSA) is 17.3 Å². The van der Waals surface area contributed by atoms with Crippen LogP contribution in [0.5, 0.6) is 0 Å². The highest BCUT2D eigenvalue weighted by Crippen LogP contribution is 2.15. The Morgan fingerprint density at radius 2 is 1.74 bits per heavy atom. The molecule has 0 spiro atoms. The van der Waals surface area contributed by atoms with Gasteiger partial charge in [-0.2, -0.15) is 0 Å². The summed E-state index contributed by atoms with van der Waals surface area (Å²) in [7, 11) is 0. The Morgan fingerprint density at radius 3 is 2.48 bits per heavy atom. The number of unbranched alkanes of at least 4 members (excludes halogenated alkanes) is 1. The maximum atomic E-state index is 4.57. The summed E-state index contributed by atoms with van der Waals surface area (Å²) in [6, 6.07) is 20.9. The minimum atomic E-state index is 0.998. The van der Waals surface area contributed by atoms with Crippen LogP contribution in [0.3, 0.4) is 0 Å². The van der Waals surface area contributed by atoms with Crippen LogP contribution in [0.4, 0.5) is 5.69 Å². The van der Waals surface area contributed by atoms with Gasteiger partial charge in [-0.3, -0.25) is 4.99 Å². The molecule has 2 aromatic carbocycles. The van der Waals surface area contributed by atoms with E-state index in [1.54, 1.807) is 0 Å². The smallest absolute Gasteiger partial charge is 0.0630 e. The van der Waals surface area contributed by atoms with E-state index in [0.29, 0.717) is 0 Å². The molecule has 1 aromatic heterocycles. The van der Waals surface area contributed by atoms with Gasteiger partial charge < -0.3 is 4.57 Å². The van der Waals surface area contributed by atoms with Crippen LogP contribution in [-0.2, 0) is 6.42 Å². The van der Waals surface area contributed by atoms with E-state index in [4.69, 9.17) is 0 Å². The van der Waals surface area contributed by atoms with E-state index < -0.39 is 0 Å². The van der Waals surface area contributed by atoms with E-state index in [2.05, 4.69) is 71.3 Å². The first-order valence-corrected chi connectivity index (χ1v) is 8.21. The number of hydrogen-bond donors (Lipinski definition) is 0. The van der Waals surface area contributed by atoms with Crippen LogP contribution in [0.15, 0.2) is 78.0 Å². The molecule has 0 unspecified atom stereocenters. The fraction of sp³-hybridized carbons (Fsp3) is 0.190. The predicted octanol–water partition coefficient (Wildman–Crippen LogP) is 5.57. The maximum absolute atomic E-state index is 4.57. The Bertz CT molecular complexity index is 752. The molecule has 2 heteroatoms. The number of nitrogens with zero attached hydrogens (tertiary/aromatic N) is 2. The minimum Gasteiger partial charge on any atom is -0.323 e. The zero-order valence-corrected chi connectivity index (χ0v) is 13.5. The van der Waals surface area contributed by atoms with Gasteiger partial charge in [0.1, 0.15) is 0 Å². The van der Waals surface area contributed by atoms with Crippen LogP contribution in [0.1, 0.15) is 30.9 Å². The number of rotatable bonds is 6. The van der Waals surface area contributed by atoms with Gasteiger partial charge >= 0.3 is 0 Å². The summed E-state index contributed by atoms with van der Waals surface area (Å²) in [6.45, 7) is 2.22. The van der Waals surface area contributed by atoms with Crippen LogP contribution in [0.2, 0.25) is 0 Å². The fourth-order valence-electron chi connectivity index (χ4n) is 2.53. The Hall–Kier alpha value is -2.61. The molecular formula is C21H22N2. The summed E-state index contributed by atoms with van der Waals surface area (Å²) in [6.07, 6.45) is 9.70. The monoisotopic (exact) mass is 302 g/mol. The number of aromatic nitrogens is 1. The molecule has 0 atom stereocenters. The summed E-state index contributed by atoms with van der Waals surface area (Å²) in [5.41, 5.74) is 4.65. The molecule has 0 saturated carbocycles. The minimum absolute atomic E-state index is 0.998. The van der Waals surface area contributed by atoms with Crippen molar-refractivity contribution in [3.8, 4) is 5.69 Å². The highest BCUT2D eigenvalue weighted by Gasteiger charge is 1.97. The lowest BCUT2D eigenvalue weighted by Crippen LogP contribution is -1.88. The van der Waals surface area contributed by atoms with Gasteiger partial charge in [0, 0.05) is 29.9 Å². The number of aliphatic imine (C=N–C) groups is 1. The quantitative estimate of drug-likeness (QED) is 0.530. The summed E-state index contributed by atoms with van der Waals surface area (Å²) in [5.74, 6) is 0. The molecule has 0 amide bonds. The lowest BCUT2D eigenvalue weighted by atomic mass is 10.1. The molecule has 2 nitrogen and oxygen atoms in total. The Kier molecular flexibility index (Phi) is 5.05. The van der Waals surface area contributed by atoms with Crippen molar-refractivity contribution in [3.05, 3.63) is 84.2 Å². The Balaban J connectivity index is 1.67. The highest BCUT2D eigenvalue weighted by atomic mass is 14.9. The molecule has 23 heavy (non-hydrogen) atoms. The molecule has 0 radical (unpaired) electrons. The lowest BCUT2D eigenvalue weighted by molar-refractivity contribution is 0.795. The van der Waals surface area contributed by atoms with Crippen LogP contribution in [-0.4, -0.2) is 10.8 Å². The van der Waals surface area contributed by atoms with Gasteiger partial charge in [-0.25, -0.2) is 0 Å². The molecule has 0 N–H and O–H groups in total. The third-order valence-corrected chi connectivity index (χ3v) is 3.89. The van der Waals surface area contributed by atoms with Crippen molar-refractivity contribution in [1.29, 1.82) is 0 Å². The van der Waals surface area contributed by atoms with Gasteiger partial charge in [-0.05, 0) is 48.7 Å². The lowest BCUT2D eigenvalue weighted by Gasteiger charge is -2.00. The summed E-state index contributed by atoms with van der Waals surface area (Å²) in [5, 5.41) is 0. The molecule has 116 valence electrons. The zero-order valence-electron chi connectivity index (χ0n) is 13.5. The third kappa shape index (κ3) is 4.19. The summed E-state index contributed by atoms with van der Waals surface area (Å²) < 4.78 is 2.11. The number of aryl methyl sites for hydroxylation is 1. The first-order valence-electron chi connectivity index (χ1n) is 8.21. The maximum Gasteiger partial charge on any atom is 0.0630 e. The average molecular weight is 302 g/mol. The summed E-state index contributed by atoms with van der Waals surface area (Å²) >= 11 is 0. The molecular weight excluding hydrogens is 280 g/mol. The average Bonchev–Trinajstić information content (AvgIpc) is 3.09. The third-order valence-electron chi connectivity index (χ3n) is 3.89. The SMILES string of the molecule is CCCCc1ccc(N=Cc2ccn(-c3ccccc3)c2)cc1. The van der Waals surface area contributed by atoms with Crippen LogP contribution >= 0.6 is 0 Å². The molecule has 3 aromatic rings. The molecule has 0 bridgehead atoms. The number of benzene rings is 2. The highest BCUT2D eigenvalue weighted by molar-refractivity contribution is 5.81. The van der Waals surface area contributed by atoms with Crippen LogP contribution in [0, 0.1) is 0 Å². The van der Waals surface area contributed by atoms with Crippen LogP contribution < -0.4 is 0 Å². The van der Waals surface area contributed by atoms with Gasteiger partial charge in [0.15, 0.2) is 0 Å². The van der Waals surface area contributed by atoms with Crippen molar-refractivity contribution in [2.24, 2.45) is 4.99 Å². The fourth-order valence-corrected chi connectivity index (χ4v) is 2.53. The molecule has 0 fully saturated rings. The number of para-hydroxylation sites is 1. The second-order valence-corrected chi connectivity index (χ2v) is 5.72. The molecule has 0 aliphatic rings. The first kappa shape index (κ1) is 15.3. The van der Waals surface area contributed by atoms with E-state index in [9.17, 15) is 0 Å². The molecule has 1 heterocycles. The van der Waals surface area contributed by atoms with Gasteiger partial charge in [-0.15, -0.1) is 0 Å². The van der Waals surface area contributed by atoms with Crippen molar-refractivity contribution < 1.29 is 0 Å². The normalized spacial score (nSPS) is 11.2. The number of hydrogen-bond acceptors (Lipinski definition) is 1. The molecule has 3 rings (SSSR count). The van der Waals surface area contributed by atoms with Crippen molar-refractivity contribution >= 4 is 11.9 Å². The molecule has 0 aliphatic carbocycles. The predicted molar refractivity (Wildman–Crippen MR) is 98.1 cm³/mol. The molecule has 0 aliphatic heterocycles. The van der Waals surface area contributed by atoms with Crippen LogP contribution in [0.25, 0.3) is 5.69 Å². The van der Waals surface area contributed by atoms with E-state index in [1.165, 1.54) is 18.4 Å². The largest absolute Gasteiger partial charge is 0.323 e. The second kappa shape index (κ2) is 7.59. The van der Waals surface area contributed by atoms with E-state index in [-0.39, 0.29) is 0 Å². The summed E-state index contributed by atoms with van der Waals surface area (Å²) in [4.78, 5) is 4.57. The standard InChI is InChI=1S/C21H22N2/c1-2-3-7-18-10-12-20(13-11-18)22-16-19-14-15-23(17-19)21-8-5-4-6-9-21/h4-6,8-17H,2-3,7H2,1H3. The van der Waals surface area contributed by atoms with E-state index in [0.717, 1.165) is 23.4 Å². The van der Waals surface area contributed by atoms with E-state index >= 15 is 0 Å². The van der Waals surface area contributed by atoms with Gasteiger partial charge in [0.05, 0.1) is 5.69 Å². The molecule has 0 saturated heterocycles. The second-order valence-electron chi connectivity index (χ2n) is 5.72. The Labute approximate surface area is 138 Å². The van der Waals surface area contributed by atoms with Crippen molar-refractivity contribution in [2.45, 2.75) is 26.2 Å². The Morgan fingerprint density at radius 1 is 0.957 bits per heavy atom.